The van der Waals surface area contributed by atoms with Gasteiger partial charge in [-0.2, -0.15) is 0 Å². The van der Waals surface area contributed by atoms with Gasteiger partial charge < -0.3 is 5.32 Å². The smallest absolute Gasteiger partial charge is 0.145 e. The van der Waals surface area contributed by atoms with E-state index in [4.69, 9.17) is 11.6 Å². The van der Waals surface area contributed by atoms with E-state index >= 15 is 0 Å². The lowest BCUT2D eigenvalue weighted by molar-refractivity contribution is 0.829. The minimum atomic E-state index is 0.595. The van der Waals surface area contributed by atoms with Crippen LogP contribution in [0.3, 0.4) is 0 Å². The number of hydrogen-bond acceptors (Lipinski definition) is 3. The Morgan fingerprint density at radius 2 is 2.06 bits per heavy atom. The molecule has 2 aromatic rings. The lowest BCUT2D eigenvalue weighted by Gasteiger charge is -1.95. The van der Waals surface area contributed by atoms with Gasteiger partial charge in [0.2, 0.25) is 0 Å². The molecule has 0 saturated heterocycles. The first-order valence-electron chi connectivity index (χ1n) is 4.76. The van der Waals surface area contributed by atoms with Crippen molar-refractivity contribution in [3.63, 3.8) is 0 Å². The summed E-state index contributed by atoms with van der Waals surface area (Å²) in [6.45, 7) is 0.757. The van der Waals surface area contributed by atoms with Crippen molar-refractivity contribution in [3.05, 3.63) is 38.8 Å². The molecule has 1 aromatic carbocycles. The maximum atomic E-state index is 6.05. The zero-order chi connectivity index (χ0) is 11.5. The van der Waals surface area contributed by atoms with Crippen LogP contribution in [-0.4, -0.2) is 12.0 Å². The molecule has 0 atom stereocenters. The molecular weight excluding hydrogens is 308 g/mol. The molecule has 0 unspecified atom stereocenters. The Kier molecular flexibility index (Phi) is 3.97. The number of nitrogens with one attached hydrogen (secondary N) is 1. The van der Waals surface area contributed by atoms with Gasteiger partial charge in [0.1, 0.15) is 10.2 Å². The number of thiazole rings is 1. The fraction of sp³-hybridized carbons (Fsp3) is 0.182. The third-order valence-electron chi connectivity index (χ3n) is 2.08. The van der Waals surface area contributed by atoms with Gasteiger partial charge in [0.25, 0.3) is 0 Å². The highest BCUT2D eigenvalue weighted by Gasteiger charge is 2.09. The second kappa shape index (κ2) is 5.27. The number of rotatable bonds is 3. The highest BCUT2D eigenvalue weighted by molar-refractivity contribution is 9.10. The molecule has 0 bridgehead atoms. The van der Waals surface area contributed by atoms with E-state index in [1.807, 2.05) is 31.3 Å². The summed E-state index contributed by atoms with van der Waals surface area (Å²) in [6, 6.07) is 8.07. The summed E-state index contributed by atoms with van der Waals surface area (Å²) in [5.74, 6) is 0. The zero-order valence-electron chi connectivity index (χ0n) is 8.63. The predicted molar refractivity (Wildman–Crippen MR) is 73.0 cm³/mol. The van der Waals surface area contributed by atoms with Crippen LogP contribution in [0.2, 0.25) is 5.15 Å². The van der Waals surface area contributed by atoms with Gasteiger partial charge in [-0.05, 0) is 19.2 Å². The predicted octanol–water partition coefficient (Wildman–Crippen LogP) is 3.95. The molecule has 0 aliphatic rings. The Labute approximate surface area is 112 Å². The summed E-state index contributed by atoms with van der Waals surface area (Å²) in [4.78, 5) is 5.43. The lowest BCUT2D eigenvalue weighted by Crippen LogP contribution is -2.03. The van der Waals surface area contributed by atoms with E-state index in [2.05, 4.69) is 26.2 Å². The SMILES string of the molecule is CNCc1sc(-c2ccc(Br)cc2)nc1Cl. The van der Waals surface area contributed by atoms with Gasteiger partial charge in [-0.1, -0.05) is 39.7 Å². The van der Waals surface area contributed by atoms with Gasteiger partial charge in [0.05, 0.1) is 4.88 Å². The van der Waals surface area contributed by atoms with Crippen molar-refractivity contribution < 1.29 is 0 Å². The molecule has 0 aliphatic heterocycles. The van der Waals surface area contributed by atoms with Crippen LogP contribution in [0, 0.1) is 0 Å². The molecule has 0 amide bonds. The van der Waals surface area contributed by atoms with Crippen molar-refractivity contribution in [1.82, 2.24) is 10.3 Å². The van der Waals surface area contributed by atoms with Crippen molar-refractivity contribution >= 4 is 38.9 Å². The minimum absolute atomic E-state index is 0.595. The lowest BCUT2D eigenvalue weighted by atomic mass is 10.2. The summed E-state index contributed by atoms with van der Waals surface area (Å²) in [5.41, 5.74) is 1.09. The number of halogens is 2. The second-order valence-corrected chi connectivity index (χ2v) is 5.63. The fourth-order valence-electron chi connectivity index (χ4n) is 1.32. The van der Waals surface area contributed by atoms with E-state index in [-0.39, 0.29) is 0 Å². The summed E-state index contributed by atoms with van der Waals surface area (Å²) in [5, 5.41) is 4.63. The Morgan fingerprint density at radius 3 is 2.69 bits per heavy atom. The van der Waals surface area contributed by atoms with Crippen LogP contribution in [0.25, 0.3) is 10.6 Å². The summed E-state index contributed by atoms with van der Waals surface area (Å²) in [6.07, 6.45) is 0. The van der Waals surface area contributed by atoms with E-state index in [1.54, 1.807) is 11.3 Å². The second-order valence-electron chi connectivity index (χ2n) is 3.27. The molecule has 1 N–H and O–H groups in total. The molecule has 2 nitrogen and oxygen atoms in total. The molecule has 5 heteroatoms. The van der Waals surface area contributed by atoms with E-state index in [0.717, 1.165) is 26.5 Å². The molecule has 16 heavy (non-hydrogen) atoms. The molecule has 0 fully saturated rings. The number of nitrogens with zero attached hydrogens (tertiary/aromatic N) is 1. The molecule has 2 rings (SSSR count). The summed E-state index contributed by atoms with van der Waals surface area (Å²) < 4.78 is 1.06. The Bertz CT molecular complexity index is 481. The average Bonchev–Trinajstić information content (AvgIpc) is 2.62. The van der Waals surface area contributed by atoms with Crippen LogP contribution < -0.4 is 5.32 Å². The first kappa shape index (κ1) is 12.0. The average molecular weight is 318 g/mol. The Balaban J connectivity index is 2.33. The first-order valence-corrected chi connectivity index (χ1v) is 6.75. The van der Waals surface area contributed by atoms with Crippen molar-refractivity contribution in [2.24, 2.45) is 0 Å². The number of hydrogen-bond donors (Lipinski definition) is 1. The largest absolute Gasteiger partial charge is 0.315 e. The number of benzene rings is 1. The van der Waals surface area contributed by atoms with Crippen molar-refractivity contribution in [3.8, 4) is 10.6 Å². The maximum Gasteiger partial charge on any atom is 0.145 e. The minimum Gasteiger partial charge on any atom is -0.315 e. The van der Waals surface area contributed by atoms with E-state index in [9.17, 15) is 0 Å². The van der Waals surface area contributed by atoms with Crippen LogP contribution in [0.5, 0.6) is 0 Å². The van der Waals surface area contributed by atoms with Crippen molar-refractivity contribution in [2.75, 3.05) is 7.05 Å². The van der Waals surface area contributed by atoms with Crippen LogP contribution in [0.1, 0.15) is 4.88 Å². The highest BCUT2D eigenvalue weighted by atomic mass is 79.9. The zero-order valence-corrected chi connectivity index (χ0v) is 11.8. The molecule has 0 radical (unpaired) electrons. The standard InChI is InChI=1S/C11H10BrClN2S/c1-14-6-9-10(13)15-11(16-9)7-2-4-8(12)5-3-7/h2-5,14H,6H2,1H3. The third-order valence-corrected chi connectivity index (χ3v) is 4.14. The Morgan fingerprint density at radius 1 is 1.38 bits per heavy atom. The molecule has 1 heterocycles. The van der Waals surface area contributed by atoms with Gasteiger partial charge in [0.15, 0.2) is 0 Å². The van der Waals surface area contributed by atoms with Crippen molar-refractivity contribution in [1.29, 1.82) is 0 Å². The summed E-state index contributed by atoms with van der Waals surface area (Å²) in [7, 11) is 1.90. The quantitative estimate of drug-likeness (QED) is 0.927. The monoisotopic (exact) mass is 316 g/mol. The maximum absolute atomic E-state index is 6.05. The highest BCUT2D eigenvalue weighted by Crippen LogP contribution is 2.31. The molecular formula is C11H10BrClN2S. The first-order chi connectivity index (χ1) is 7.70. The van der Waals surface area contributed by atoms with Gasteiger partial charge in [0, 0.05) is 16.6 Å². The van der Waals surface area contributed by atoms with Crippen LogP contribution >= 0.6 is 38.9 Å². The topological polar surface area (TPSA) is 24.9 Å². The van der Waals surface area contributed by atoms with Crippen LogP contribution in [0.4, 0.5) is 0 Å². The van der Waals surface area contributed by atoms with E-state index < -0.39 is 0 Å². The molecule has 84 valence electrons. The molecule has 0 saturated carbocycles. The van der Waals surface area contributed by atoms with Gasteiger partial charge in [-0.25, -0.2) is 4.98 Å². The molecule has 1 aromatic heterocycles. The van der Waals surface area contributed by atoms with Gasteiger partial charge in [-0.15, -0.1) is 11.3 Å². The van der Waals surface area contributed by atoms with Crippen molar-refractivity contribution in [2.45, 2.75) is 6.54 Å². The van der Waals surface area contributed by atoms with Crippen LogP contribution in [0.15, 0.2) is 28.7 Å². The fourth-order valence-corrected chi connectivity index (χ4v) is 2.87. The number of aromatic nitrogens is 1. The van der Waals surface area contributed by atoms with E-state index in [0.29, 0.717) is 5.15 Å². The Hall–Kier alpha value is -0.420. The third kappa shape index (κ3) is 2.63. The van der Waals surface area contributed by atoms with Crippen LogP contribution in [-0.2, 0) is 6.54 Å². The van der Waals surface area contributed by atoms with Gasteiger partial charge >= 0.3 is 0 Å². The molecule has 0 aliphatic carbocycles. The summed E-state index contributed by atoms with van der Waals surface area (Å²) >= 11 is 11.1. The van der Waals surface area contributed by atoms with E-state index in [1.165, 1.54) is 0 Å². The van der Waals surface area contributed by atoms with Gasteiger partial charge in [-0.3, -0.25) is 0 Å². The molecule has 0 spiro atoms. The normalized spacial score (nSPS) is 10.7.